The molecule has 66 valence electrons. The van der Waals surface area contributed by atoms with E-state index in [1.54, 1.807) is 0 Å². The lowest BCUT2D eigenvalue weighted by Gasteiger charge is -2.19. The molecule has 1 N–H and O–H groups in total. The molecule has 1 saturated heterocycles. The van der Waals surface area contributed by atoms with E-state index in [0.717, 1.165) is 25.7 Å². The molecule has 4 heteroatoms. The first kappa shape index (κ1) is 7.58. The number of urea groups is 1. The van der Waals surface area contributed by atoms with Crippen LogP contribution in [0.15, 0.2) is 0 Å². The number of hydrogen-bond donors (Lipinski definition) is 1. The summed E-state index contributed by atoms with van der Waals surface area (Å²) in [5.74, 6) is -0.0631. The van der Waals surface area contributed by atoms with Crippen molar-refractivity contribution in [1.29, 1.82) is 0 Å². The summed E-state index contributed by atoms with van der Waals surface area (Å²) >= 11 is 0. The van der Waals surface area contributed by atoms with Crippen LogP contribution in [0.25, 0.3) is 0 Å². The van der Waals surface area contributed by atoms with Crippen molar-refractivity contribution in [3.63, 3.8) is 0 Å². The summed E-state index contributed by atoms with van der Waals surface area (Å²) in [5.41, 5.74) is 0. The van der Waals surface area contributed by atoms with Crippen LogP contribution in [0.4, 0.5) is 4.79 Å². The Balaban J connectivity index is 2.09. The second-order valence-electron chi connectivity index (χ2n) is 3.36. The molecule has 1 saturated carbocycles. The Bertz CT molecular complexity index is 205. The zero-order valence-electron chi connectivity index (χ0n) is 6.88. The average Bonchev–Trinajstić information content (AvgIpc) is 2.61. The van der Waals surface area contributed by atoms with E-state index < -0.39 is 0 Å². The lowest BCUT2D eigenvalue weighted by atomic mass is 10.2. The van der Waals surface area contributed by atoms with Gasteiger partial charge in [-0.1, -0.05) is 12.8 Å². The van der Waals surface area contributed by atoms with Crippen molar-refractivity contribution in [2.75, 3.05) is 6.54 Å². The summed E-state index contributed by atoms with van der Waals surface area (Å²) in [4.78, 5) is 23.8. The van der Waals surface area contributed by atoms with Gasteiger partial charge in [0.05, 0.1) is 6.54 Å². The molecule has 0 aromatic carbocycles. The number of hydrogen-bond acceptors (Lipinski definition) is 2. The molecular weight excluding hydrogens is 156 g/mol. The second kappa shape index (κ2) is 2.77. The van der Waals surface area contributed by atoms with Gasteiger partial charge >= 0.3 is 6.03 Å². The van der Waals surface area contributed by atoms with Gasteiger partial charge in [0.25, 0.3) is 0 Å². The Labute approximate surface area is 70.9 Å². The minimum absolute atomic E-state index is 0.0631. The van der Waals surface area contributed by atoms with Gasteiger partial charge in [-0.25, -0.2) is 4.79 Å². The second-order valence-corrected chi connectivity index (χ2v) is 3.36. The third kappa shape index (κ3) is 1.07. The molecule has 0 spiro atoms. The largest absolute Gasteiger partial charge is 0.329 e. The Morgan fingerprint density at radius 1 is 1.25 bits per heavy atom. The summed E-state index contributed by atoms with van der Waals surface area (Å²) < 4.78 is 0. The van der Waals surface area contributed by atoms with Gasteiger partial charge in [0, 0.05) is 6.04 Å². The van der Waals surface area contributed by atoms with Crippen LogP contribution in [0.2, 0.25) is 0 Å². The molecule has 1 aliphatic carbocycles. The molecule has 2 rings (SSSR count). The Morgan fingerprint density at radius 2 is 1.92 bits per heavy atom. The van der Waals surface area contributed by atoms with Crippen LogP contribution in [0.5, 0.6) is 0 Å². The third-order valence-electron chi connectivity index (χ3n) is 2.57. The summed E-state index contributed by atoms with van der Waals surface area (Å²) in [6, 6.07) is -0.0214. The number of imide groups is 1. The molecule has 12 heavy (non-hydrogen) atoms. The van der Waals surface area contributed by atoms with Crippen LogP contribution in [0, 0.1) is 0 Å². The number of carbonyl (C=O) groups is 2. The zero-order valence-corrected chi connectivity index (χ0v) is 6.88. The van der Waals surface area contributed by atoms with E-state index >= 15 is 0 Å². The van der Waals surface area contributed by atoms with Crippen molar-refractivity contribution in [2.45, 2.75) is 31.7 Å². The highest BCUT2D eigenvalue weighted by Crippen LogP contribution is 2.24. The highest BCUT2D eigenvalue weighted by Gasteiger charge is 2.35. The average molecular weight is 168 g/mol. The van der Waals surface area contributed by atoms with Crippen molar-refractivity contribution < 1.29 is 9.59 Å². The molecule has 4 nitrogen and oxygen atoms in total. The maximum Gasteiger partial charge on any atom is 0.324 e. The smallest absolute Gasteiger partial charge is 0.324 e. The lowest BCUT2D eigenvalue weighted by molar-refractivity contribution is -0.126. The molecule has 0 aromatic heterocycles. The van der Waals surface area contributed by atoms with Gasteiger partial charge < -0.3 is 5.32 Å². The topological polar surface area (TPSA) is 49.4 Å². The lowest BCUT2D eigenvalue weighted by Crippen LogP contribution is -2.38. The summed E-state index contributed by atoms with van der Waals surface area (Å²) in [6.07, 6.45) is 4.25. The minimum atomic E-state index is -0.202. The van der Waals surface area contributed by atoms with Gasteiger partial charge in [-0.3, -0.25) is 9.69 Å². The maximum atomic E-state index is 11.2. The van der Waals surface area contributed by atoms with E-state index in [9.17, 15) is 9.59 Å². The molecule has 0 aromatic rings. The van der Waals surface area contributed by atoms with Gasteiger partial charge in [0.15, 0.2) is 0 Å². The molecule has 1 aliphatic heterocycles. The summed E-state index contributed by atoms with van der Waals surface area (Å²) in [7, 11) is 0. The first-order valence-electron chi connectivity index (χ1n) is 4.39. The Morgan fingerprint density at radius 3 is 2.42 bits per heavy atom. The van der Waals surface area contributed by atoms with Gasteiger partial charge in [0.2, 0.25) is 5.91 Å². The monoisotopic (exact) mass is 168 g/mol. The number of rotatable bonds is 1. The van der Waals surface area contributed by atoms with Gasteiger partial charge in [-0.15, -0.1) is 0 Å². The van der Waals surface area contributed by atoms with E-state index in [-0.39, 0.29) is 24.5 Å². The molecule has 2 fully saturated rings. The van der Waals surface area contributed by atoms with E-state index in [4.69, 9.17) is 0 Å². The molecule has 0 bridgehead atoms. The van der Waals surface area contributed by atoms with Crippen LogP contribution >= 0.6 is 0 Å². The quantitative estimate of drug-likeness (QED) is 0.579. The van der Waals surface area contributed by atoms with Crippen LogP contribution in [-0.2, 0) is 4.79 Å². The zero-order chi connectivity index (χ0) is 8.55. The van der Waals surface area contributed by atoms with Gasteiger partial charge in [-0.05, 0) is 12.8 Å². The summed E-state index contributed by atoms with van der Waals surface area (Å²) in [5, 5.41) is 2.53. The van der Waals surface area contributed by atoms with Crippen LogP contribution < -0.4 is 5.32 Å². The van der Waals surface area contributed by atoms with Crippen LogP contribution in [0.1, 0.15) is 25.7 Å². The van der Waals surface area contributed by atoms with E-state index in [1.165, 1.54) is 4.90 Å². The fourth-order valence-electron chi connectivity index (χ4n) is 1.97. The van der Waals surface area contributed by atoms with Gasteiger partial charge in [0.1, 0.15) is 0 Å². The first-order valence-corrected chi connectivity index (χ1v) is 4.39. The third-order valence-corrected chi connectivity index (χ3v) is 2.57. The predicted molar refractivity (Wildman–Crippen MR) is 42.5 cm³/mol. The minimum Gasteiger partial charge on any atom is -0.329 e. The molecule has 0 atom stereocenters. The SMILES string of the molecule is O=C1CNC(=O)N1C1CCCC1. The fourth-order valence-corrected chi connectivity index (χ4v) is 1.97. The van der Waals surface area contributed by atoms with Crippen molar-refractivity contribution in [3.8, 4) is 0 Å². The Hall–Kier alpha value is -1.06. The molecule has 0 radical (unpaired) electrons. The van der Waals surface area contributed by atoms with E-state index in [2.05, 4.69) is 5.32 Å². The number of carbonyl (C=O) groups excluding carboxylic acids is 2. The van der Waals surface area contributed by atoms with E-state index in [0.29, 0.717) is 0 Å². The van der Waals surface area contributed by atoms with Crippen molar-refractivity contribution in [1.82, 2.24) is 10.2 Å². The molecule has 3 amide bonds. The predicted octanol–water partition coefficient (Wildman–Crippen LogP) is 0.481. The van der Waals surface area contributed by atoms with Crippen LogP contribution in [-0.4, -0.2) is 29.4 Å². The molecule has 2 aliphatic rings. The van der Waals surface area contributed by atoms with Crippen molar-refractivity contribution in [2.24, 2.45) is 0 Å². The maximum absolute atomic E-state index is 11.2. The standard InChI is InChI=1S/C8H12N2O2/c11-7-5-9-8(12)10(7)6-3-1-2-4-6/h6H,1-5H2,(H,9,12). The normalized spacial score (nSPS) is 25.2. The highest BCUT2D eigenvalue weighted by molar-refractivity contribution is 6.02. The number of nitrogens with zero attached hydrogens (tertiary/aromatic N) is 1. The first-order chi connectivity index (χ1) is 5.79. The fraction of sp³-hybridized carbons (Fsp3) is 0.750. The molecule has 1 heterocycles. The molecular formula is C8H12N2O2. The summed E-state index contributed by atoms with van der Waals surface area (Å²) in [6.45, 7) is 0.190. The number of amides is 3. The number of nitrogens with one attached hydrogen (secondary N) is 1. The highest BCUT2D eigenvalue weighted by atomic mass is 16.2. The Kier molecular flexibility index (Phi) is 1.75. The van der Waals surface area contributed by atoms with Crippen LogP contribution in [0.3, 0.4) is 0 Å². The van der Waals surface area contributed by atoms with E-state index in [1.807, 2.05) is 0 Å². The van der Waals surface area contributed by atoms with Gasteiger partial charge in [-0.2, -0.15) is 0 Å². The van der Waals surface area contributed by atoms with Crippen molar-refractivity contribution >= 4 is 11.9 Å². The molecule has 0 unspecified atom stereocenters. The van der Waals surface area contributed by atoms with Crippen molar-refractivity contribution in [3.05, 3.63) is 0 Å².